The molecule has 0 N–H and O–H groups in total. The van der Waals surface area contributed by atoms with E-state index < -0.39 is 0 Å². The van der Waals surface area contributed by atoms with Crippen molar-refractivity contribution in [3.63, 3.8) is 0 Å². The molecule has 0 amide bonds. The first-order chi connectivity index (χ1) is 8.20. The number of aryl methyl sites for hydroxylation is 1. The number of aldehydes is 1. The zero-order valence-electron chi connectivity index (χ0n) is 9.31. The lowest BCUT2D eigenvalue weighted by atomic mass is 10.2. The van der Waals surface area contributed by atoms with E-state index in [1.807, 2.05) is 43.3 Å². The third-order valence-electron chi connectivity index (χ3n) is 2.39. The minimum absolute atomic E-state index is 0.721. The van der Waals surface area contributed by atoms with Gasteiger partial charge in [-0.05, 0) is 52.7 Å². The molecular weight excluding hydrogens is 296 g/mol. The summed E-state index contributed by atoms with van der Waals surface area (Å²) in [6.07, 6.45) is 0.875. The van der Waals surface area contributed by atoms with Gasteiger partial charge in [-0.2, -0.15) is 0 Å². The topological polar surface area (TPSA) is 17.1 Å². The summed E-state index contributed by atoms with van der Waals surface area (Å²) in [6.45, 7) is 2.02. The molecule has 3 heteroatoms. The molecule has 1 nitrogen and oxygen atoms in total. The van der Waals surface area contributed by atoms with Crippen LogP contribution < -0.4 is 0 Å². The van der Waals surface area contributed by atoms with Crippen molar-refractivity contribution >= 4 is 34.0 Å². The SMILES string of the molecule is Cc1cc(C=O)ccc1Sc1ccccc1Br. The molecule has 0 aromatic heterocycles. The van der Waals surface area contributed by atoms with Crippen LogP contribution in [-0.4, -0.2) is 6.29 Å². The van der Waals surface area contributed by atoms with Crippen molar-refractivity contribution in [1.29, 1.82) is 0 Å². The second-order valence-electron chi connectivity index (χ2n) is 3.68. The fourth-order valence-corrected chi connectivity index (χ4v) is 2.94. The molecule has 2 rings (SSSR count). The van der Waals surface area contributed by atoms with Gasteiger partial charge in [0.25, 0.3) is 0 Å². The van der Waals surface area contributed by atoms with E-state index in [9.17, 15) is 4.79 Å². The van der Waals surface area contributed by atoms with E-state index in [1.165, 1.54) is 9.79 Å². The van der Waals surface area contributed by atoms with Gasteiger partial charge in [0.2, 0.25) is 0 Å². The van der Waals surface area contributed by atoms with Crippen molar-refractivity contribution in [2.45, 2.75) is 16.7 Å². The van der Waals surface area contributed by atoms with Crippen LogP contribution in [0.4, 0.5) is 0 Å². The number of rotatable bonds is 3. The fraction of sp³-hybridized carbons (Fsp3) is 0.0714. The lowest BCUT2D eigenvalue weighted by Gasteiger charge is -2.07. The van der Waals surface area contributed by atoms with E-state index in [-0.39, 0.29) is 0 Å². The summed E-state index contributed by atoms with van der Waals surface area (Å²) in [6, 6.07) is 13.9. The van der Waals surface area contributed by atoms with Crippen LogP contribution in [0.15, 0.2) is 56.7 Å². The summed E-state index contributed by atoms with van der Waals surface area (Å²) >= 11 is 5.23. The van der Waals surface area contributed by atoms with E-state index in [2.05, 4.69) is 22.0 Å². The molecule has 0 unspecified atom stereocenters. The molecule has 2 aromatic carbocycles. The minimum Gasteiger partial charge on any atom is -0.298 e. The monoisotopic (exact) mass is 306 g/mol. The number of benzene rings is 2. The molecule has 0 saturated carbocycles. The molecule has 0 atom stereocenters. The van der Waals surface area contributed by atoms with Crippen molar-refractivity contribution in [1.82, 2.24) is 0 Å². The van der Waals surface area contributed by atoms with E-state index >= 15 is 0 Å². The Bertz CT molecular complexity index is 552. The third-order valence-corrected chi connectivity index (χ3v) is 4.60. The average molecular weight is 307 g/mol. The maximum absolute atomic E-state index is 10.7. The van der Waals surface area contributed by atoms with Gasteiger partial charge in [0.15, 0.2) is 0 Å². The maximum atomic E-state index is 10.7. The normalized spacial score (nSPS) is 10.2. The van der Waals surface area contributed by atoms with Gasteiger partial charge in [-0.15, -0.1) is 0 Å². The van der Waals surface area contributed by atoms with E-state index in [4.69, 9.17) is 0 Å². The molecule has 86 valence electrons. The van der Waals surface area contributed by atoms with Crippen LogP contribution in [0.3, 0.4) is 0 Å². The average Bonchev–Trinajstić information content (AvgIpc) is 2.34. The van der Waals surface area contributed by atoms with Crippen LogP contribution in [0.25, 0.3) is 0 Å². The Morgan fingerprint density at radius 3 is 2.53 bits per heavy atom. The molecule has 0 fully saturated rings. The molecule has 0 heterocycles. The lowest BCUT2D eigenvalue weighted by Crippen LogP contribution is -1.85. The highest BCUT2D eigenvalue weighted by Crippen LogP contribution is 2.35. The molecule has 0 spiro atoms. The number of hydrogen-bond donors (Lipinski definition) is 0. The van der Waals surface area contributed by atoms with Crippen LogP contribution in [0.5, 0.6) is 0 Å². The van der Waals surface area contributed by atoms with Gasteiger partial charge in [0.05, 0.1) is 0 Å². The summed E-state index contributed by atoms with van der Waals surface area (Å²) in [5.74, 6) is 0. The highest BCUT2D eigenvalue weighted by molar-refractivity contribution is 9.10. The second-order valence-corrected chi connectivity index (χ2v) is 5.61. The molecule has 0 radical (unpaired) electrons. The largest absolute Gasteiger partial charge is 0.298 e. The van der Waals surface area contributed by atoms with Crippen LogP contribution in [0.2, 0.25) is 0 Å². The highest BCUT2D eigenvalue weighted by atomic mass is 79.9. The Kier molecular flexibility index (Phi) is 4.02. The van der Waals surface area contributed by atoms with Crippen LogP contribution in [0, 0.1) is 6.92 Å². The molecule has 0 aliphatic heterocycles. The summed E-state index contributed by atoms with van der Waals surface area (Å²) in [7, 11) is 0. The van der Waals surface area contributed by atoms with Crippen LogP contribution >= 0.6 is 27.7 Å². The quantitative estimate of drug-likeness (QED) is 0.763. The number of halogens is 1. The van der Waals surface area contributed by atoms with Crippen molar-refractivity contribution in [3.8, 4) is 0 Å². The van der Waals surface area contributed by atoms with E-state index in [0.29, 0.717) is 0 Å². The Morgan fingerprint density at radius 1 is 1.12 bits per heavy atom. The van der Waals surface area contributed by atoms with Gasteiger partial charge in [0, 0.05) is 19.8 Å². The molecule has 0 aliphatic rings. The first-order valence-corrected chi connectivity index (χ1v) is 6.80. The Hall–Kier alpha value is -1.06. The predicted octanol–water partition coefficient (Wildman–Crippen LogP) is 4.72. The summed E-state index contributed by atoms with van der Waals surface area (Å²) < 4.78 is 1.09. The van der Waals surface area contributed by atoms with E-state index in [0.717, 1.165) is 21.9 Å². The molecule has 17 heavy (non-hydrogen) atoms. The number of hydrogen-bond acceptors (Lipinski definition) is 2. The van der Waals surface area contributed by atoms with Crippen molar-refractivity contribution in [2.75, 3.05) is 0 Å². The van der Waals surface area contributed by atoms with Crippen molar-refractivity contribution in [3.05, 3.63) is 58.1 Å². The van der Waals surface area contributed by atoms with Crippen molar-refractivity contribution < 1.29 is 4.79 Å². The van der Waals surface area contributed by atoms with Gasteiger partial charge in [-0.25, -0.2) is 0 Å². The van der Waals surface area contributed by atoms with E-state index in [1.54, 1.807) is 11.8 Å². The smallest absolute Gasteiger partial charge is 0.150 e. The van der Waals surface area contributed by atoms with Gasteiger partial charge in [-0.3, -0.25) is 4.79 Å². The van der Waals surface area contributed by atoms with Crippen molar-refractivity contribution in [2.24, 2.45) is 0 Å². The maximum Gasteiger partial charge on any atom is 0.150 e. The summed E-state index contributed by atoms with van der Waals surface area (Å²) in [4.78, 5) is 13.0. The van der Waals surface area contributed by atoms with Gasteiger partial charge < -0.3 is 0 Å². The van der Waals surface area contributed by atoms with Crippen LogP contribution in [0.1, 0.15) is 15.9 Å². The molecule has 0 aliphatic carbocycles. The first kappa shape index (κ1) is 12.4. The minimum atomic E-state index is 0.721. The fourth-order valence-electron chi connectivity index (χ4n) is 1.51. The first-order valence-electron chi connectivity index (χ1n) is 5.19. The molecular formula is C14H11BrOS. The molecule has 2 aromatic rings. The molecule has 0 saturated heterocycles. The van der Waals surface area contributed by atoms with Gasteiger partial charge in [-0.1, -0.05) is 30.0 Å². The zero-order valence-corrected chi connectivity index (χ0v) is 11.7. The lowest BCUT2D eigenvalue weighted by molar-refractivity contribution is 0.112. The number of carbonyl (C=O) groups excluding carboxylic acids is 1. The number of carbonyl (C=O) groups is 1. The third kappa shape index (κ3) is 2.99. The second kappa shape index (κ2) is 5.52. The summed E-state index contributed by atoms with van der Waals surface area (Å²) in [5, 5.41) is 0. The Labute approximate surface area is 113 Å². The van der Waals surface area contributed by atoms with Gasteiger partial charge >= 0.3 is 0 Å². The highest BCUT2D eigenvalue weighted by Gasteiger charge is 2.04. The Balaban J connectivity index is 2.31. The van der Waals surface area contributed by atoms with Crippen LogP contribution in [-0.2, 0) is 0 Å². The summed E-state index contributed by atoms with van der Waals surface area (Å²) in [5.41, 5.74) is 1.84. The van der Waals surface area contributed by atoms with Gasteiger partial charge in [0.1, 0.15) is 6.29 Å². The Morgan fingerprint density at radius 2 is 1.88 bits per heavy atom. The zero-order chi connectivity index (χ0) is 12.3. The standard InChI is InChI=1S/C14H11BrOS/c1-10-8-11(9-16)6-7-13(10)17-14-5-3-2-4-12(14)15/h2-9H,1H3. The molecule has 0 bridgehead atoms. The predicted molar refractivity (Wildman–Crippen MR) is 74.8 cm³/mol.